The van der Waals surface area contributed by atoms with Crippen LogP contribution in [0.25, 0.3) is 0 Å². The minimum absolute atomic E-state index is 0.170. The first-order chi connectivity index (χ1) is 20.2. The van der Waals surface area contributed by atoms with Crippen molar-refractivity contribution < 1.29 is 59.8 Å². The number of benzene rings is 2. The topological polar surface area (TPSA) is 199 Å². The normalized spacial score (nSPS) is 32.5. The SMILES string of the molecule is OC[C@H]1O[C@@H](O[C@@H]2[C@@H](O)[C@H](O[C@H](CCCCc3ccc(O)cc3)CCc3ccc(O)cc3)OC[C@H]2O)[C@H](O)[C@@H](O)[C@@H]1O. The van der Waals surface area contributed by atoms with Gasteiger partial charge < -0.3 is 59.8 Å². The zero-order valence-corrected chi connectivity index (χ0v) is 23.3. The zero-order chi connectivity index (χ0) is 30.2. The summed E-state index contributed by atoms with van der Waals surface area (Å²) in [5, 5.41) is 80.6. The van der Waals surface area contributed by atoms with Crippen molar-refractivity contribution in [1.29, 1.82) is 0 Å². The van der Waals surface area contributed by atoms with Gasteiger partial charge in [0.1, 0.15) is 54.2 Å². The lowest BCUT2D eigenvalue weighted by molar-refractivity contribution is -0.351. The number of phenols is 2. The molecule has 4 rings (SSSR count). The number of rotatable bonds is 13. The Morgan fingerprint density at radius 3 is 1.95 bits per heavy atom. The third-order valence-electron chi connectivity index (χ3n) is 7.76. The van der Waals surface area contributed by atoms with Gasteiger partial charge >= 0.3 is 0 Å². The van der Waals surface area contributed by atoms with Gasteiger partial charge in [0.05, 0.1) is 19.3 Å². The molecule has 0 radical (unpaired) electrons. The second-order valence-electron chi connectivity index (χ2n) is 10.9. The fraction of sp³-hybridized carbons (Fsp3) is 0.600. The van der Waals surface area contributed by atoms with Gasteiger partial charge in [-0.05, 0) is 67.5 Å². The van der Waals surface area contributed by atoms with E-state index in [-0.39, 0.29) is 24.2 Å². The van der Waals surface area contributed by atoms with E-state index in [1.807, 2.05) is 24.3 Å². The number of hydrogen-bond donors (Lipinski definition) is 8. The lowest BCUT2D eigenvalue weighted by atomic mass is 9.98. The molecule has 8 N–H and O–H groups in total. The van der Waals surface area contributed by atoms with Crippen LogP contribution in [0, 0.1) is 0 Å². The molecular formula is C30H42O12. The minimum Gasteiger partial charge on any atom is -0.508 e. The van der Waals surface area contributed by atoms with Crippen LogP contribution in [-0.4, -0.2) is 115 Å². The Morgan fingerprint density at radius 2 is 1.33 bits per heavy atom. The highest BCUT2D eigenvalue weighted by Crippen LogP contribution is 2.29. The maximum atomic E-state index is 11.1. The third-order valence-corrected chi connectivity index (χ3v) is 7.76. The Bertz CT molecular complexity index is 1060. The standard InChI is InChI=1S/C30H42O12/c31-15-23-24(35)25(36)26(37)30(41-23)42-28-22(34)16-39-29(27(28)38)40-21(14-9-18-7-12-20(33)13-8-18)4-2-1-3-17-5-10-19(32)11-6-17/h5-8,10-13,21-38H,1-4,9,14-16H2/t21-,22-,23-,24-,25+,26-,27-,28+,29+,30+/m1/s1. The predicted octanol–water partition coefficient (Wildman–Crippen LogP) is 0.0918. The highest BCUT2D eigenvalue weighted by molar-refractivity contribution is 5.26. The molecular weight excluding hydrogens is 552 g/mol. The third kappa shape index (κ3) is 8.60. The predicted molar refractivity (Wildman–Crippen MR) is 147 cm³/mol. The van der Waals surface area contributed by atoms with E-state index in [2.05, 4.69) is 0 Å². The number of unbranched alkanes of at least 4 members (excludes halogenated alkanes) is 1. The Labute approximate surface area is 244 Å². The van der Waals surface area contributed by atoms with Crippen LogP contribution < -0.4 is 0 Å². The van der Waals surface area contributed by atoms with Crippen LogP contribution in [0.1, 0.15) is 36.8 Å². The largest absolute Gasteiger partial charge is 0.508 e. The summed E-state index contributed by atoms with van der Waals surface area (Å²) in [7, 11) is 0. The van der Waals surface area contributed by atoms with Gasteiger partial charge in [-0.2, -0.15) is 0 Å². The van der Waals surface area contributed by atoms with Gasteiger partial charge in [0, 0.05) is 0 Å². The van der Waals surface area contributed by atoms with Gasteiger partial charge in [-0.1, -0.05) is 30.7 Å². The molecule has 0 unspecified atom stereocenters. The van der Waals surface area contributed by atoms with Crippen LogP contribution in [0.2, 0.25) is 0 Å². The molecule has 2 aliphatic rings. The minimum atomic E-state index is -1.70. The second kappa shape index (κ2) is 15.4. The van der Waals surface area contributed by atoms with Crippen molar-refractivity contribution in [2.75, 3.05) is 13.2 Å². The van der Waals surface area contributed by atoms with Gasteiger partial charge in [0.15, 0.2) is 12.6 Å². The van der Waals surface area contributed by atoms with Gasteiger partial charge in [0.25, 0.3) is 0 Å². The molecule has 2 heterocycles. The lowest BCUT2D eigenvalue weighted by Crippen LogP contribution is -2.63. The molecule has 12 nitrogen and oxygen atoms in total. The second-order valence-corrected chi connectivity index (χ2v) is 10.9. The van der Waals surface area contributed by atoms with Crippen LogP contribution >= 0.6 is 0 Å². The quantitative estimate of drug-likeness (QED) is 0.146. The summed E-state index contributed by atoms with van der Waals surface area (Å²) >= 11 is 0. The number of aliphatic hydroxyl groups is 6. The summed E-state index contributed by atoms with van der Waals surface area (Å²) in [5.41, 5.74) is 2.09. The van der Waals surface area contributed by atoms with Crippen LogP contribution in [0.3, 0.4) is 0 Å². The van der Waals surface area contributed by atoms with E-state index in [0.717, 1.165) is 30.4 Å². The van der Waals surface area contributed by atoms with E-state index >= 15 is 0 Å². The first kappa shape index (κ1) is 32.6. The van der Waals surface area contributed by atoms with E-state index in [4.69, 9.17) is 18.9 Å². The fourth-order valence-corrected chi connectivity index (χ4v) is 5.22. The van der Waals surface area contributed by atoms with Crippen LogP contribution in [-0.2, 0) is 31.8 Å². The smallest absolute Gasteiger partial charge is 0.187 e. The molecule has 0 amide bonds. The van der Waals surface area contributed by atoms with E-state index < -0.39 is 61.9 Å². The van der Waals surface area contributed by atoms with Gasteiger partial charge in [-0.3, -0.25) is 0 Å². The van der Waals surface area contributed by atoms with Crippen molar-refractivity contribution in [1.82, 2.24) is 0 Å². The number of hydrogen-bond acceptors (Lipinski definition) is 12. The summed E-state index contributed by atoms with van der Waals surface area (Å²) in [4.78, 5) is 0. The molecule has 0 saturated carbocycles. The summed E-state index contributed by atoms with van der Waals surface area (Å²) in [6.45, 7) is -0.889. The summed E-state index contributed by atoms with van der Waals surface area (Å²) in [6, 6.07) is 13.9. The van der Waals surface area contributed by atoms with Crippen LogP contribution in [0.4, 0.5) is 0 Å². The molecule has 12 heteroatoms. The first-order valence-electron chi connectivity index (χ1n) is 14.3. The highest BCUT2D eigenvalue weighted by atomic mass is 16.7. The first-order valence-corrected chi connectivity index (χ1v) is 14.3. The van der Waals surface area contributed by atoms with Crippen molar-refractivity contribution >= 4 is 0 Å². The van der Waals surface area contributed by atoms with Gasteiger partial charge in [-0.25, -0.2) is 0 Å². The summed E-state index contributed by atoms with van der Waals surface area (Å²) < 4.78 is 22.9. The van der Waals surface area contributed by atoms with Crippen LogP contribution in [0.15, 0.2) is 48.5 Å². The molecule has 0 aromatic heterocycles. The monoisotopic (exact) mass is 594 g/mol. The van der Waals surface area contributed by atoms with E-state index in [9.17, 15) is 40.9 Å². The summed E-state index contributed by atoms with van der Waals surface area (Å²) in [6.07, 6.45) is -9.01. The Kier molecular flexibility index (Phi) is 11.9. The maximum Gasteiger partial charge on any atom is 0.187 e. The lowest BCUT2D eigenvalue weighted by Gasteiger charge is -2.44. The molecule has 0 aliphatic carbocycles. The molecule has 234 valence electrons. The molecule has 0 spiro atoms. The summed E-state index contributed by atoms with van der Waals surface area (Å²) in [5.74, 6) is 0.384. The fourth-order valence-electron chi connectivity index (χ4n) is 5.22. The molecule has 10 atom stereocenters. The molecule has 2 saturated heterocycles. The van der Waals surface area contributed by atoms with Gasteiger partial charge in [0.2, 0.25) is 0 Å². The van der Waals surface area contributed by atoms with Crippen molar-refractivity contribution in [2.24, 2.45) is 0 Å². The molecule has 2 fully saturated rings. The van der Waals surface area contributed by atoms with E-state index in [1.54, 1.807) is 24.3 Å². The maximum absolute atomic E-state index is 11.1. The number of phenolic OH excluding ortho intramolecular Hbond substituents is 2. The van der Waals surface area contributed by atoms with E-state index in [0.29, 0.717) is 19.3 Å². The molecule has 2 aromatic rings. The molecule has 42 heavy (non-hydrogen) atoms. The highest BCUT2D eigenvalue weighted by Gasteiger charge is 2.48. The Balaban J connectivity index is 1.38. The van der Waals surface area contributed by atoms with Gasteiger partial charge in [-0.15, -0.1) is 0 Å². The average Bonchev–Trinajstić information content (AvgIpc) is 2.99. The number of ether oxygens (including phenoxy) is 4. The number of aromatic hydroxyl groups is 2. The average molecular weight is 595 g/mol. The number of aryl methyl sites for hydroxylation is 2. The molecule has 0 bridgehead atoms. The molecule has 2 aromatic carbocycles. The van der Waals surface area contributed by atoms with Crippen molar-refractivity contribution in [3.63, 3.8) is 0 Å². The number of aliphatic hydroxyl groups excluding tert-OH is 6. The molecule has 2 aliphatic heterocycles. The van der Waals surface area contributed by atoms with E-state index in [1.165, 1.54) is 0 Å². The van der Waals surface area contributed by atoms with Crippen molar-refractivity contribution in [3.8, 4) is 11.5 Å². The Hall–Kier alpha value is -2.36. The zero-order valence-electron chi connectivity index (χ0n) is 23.3. The Morgan fingerprint density at radius 1 is 0.714 bits per heavy atom. The van der Waals surface area contributed by atoms with Crippen molar-refractivity contribution in [2.45, 2.75) is 99.9 Å². The van der Waals surface area contributed by atoms with Crippen molar-refractivity contribution in [3.05, 3.63) is 59.7 Å². The van der Waals surface area contributed by atoms with Crippen LogP contribution in [0.5, 0.6) is 11.5 Å².